The molecule has 42 heavy (non-hydrogen) atoms. The summed E-state index contributed by atoms with van der Waals surface area (Å²) in [6, 6.07) is 30.0. The van der Waals surface area contributed by atoms with Crippen molar-refractivity contribution in [2.75, 3.05) is 28.6 Å². The van der Waals surface area contributed by atoms with Gasteiger partial charge >= 0.3 is 0 Å². The highest BCUT2D eigenvalue weighted by atomic mass is 16.5. The first kappa shape index (κ1) is 27.3. The first-order valence-corrected chi connectivity index (χ1v) is 14.5. The molecule has 2 heterocycles. The van der Waals surface area contributed by atoms with E-state index in [0.717, 1.165) is 52.1 Å². The van der Waals surface area contributed by atoms with E-state index in [-0.39, 0.29) is 11.9 Å². The normalized spacial score (nSPS) is 13.0. The lowest BCUT2D eigenvalue weighted by molar-refractivity contribution is 0.102. The molecule has 5 aromatic rings. The minimum absolute atomic E-state index is 0.157. The number of hydrogen-bond acceptors (Lipinski definition) is 6. The lowest BCUT2D eigenvalue weighted by atomic mass is 10.00. The topological polar surface area (TPSA) is 79.4 Å². The fourth-order valence-electron chi connectivity index (χ4n) is 5.25. The molecule has 1 aliphatic rings. The van der Waals surface area contributed by atoms with Crippen molar-refractivity contribution in [3.63, 3.8) is 0 Å². The van der Waals surface area contributed by atoms with E-state index >= 15 is 0 Å². The van der Waals surface area contributed by atoms with Gasteiger partial charge in [-0.1, -0.05) is 48.5 Å². The summed E-state index contributed by atoms with van der Waals surface area (Å²) in [6.07, 6.45) is 4.23. The second-order valence-electron chi connectivity index (χ2n) is 11.0. The van der Waals surface area contributed by atoms with Gasteiger partial charge in [-0.2, -0.15) is 0 Å². The molecule has 0 bridgehead atoms. The van der Waals surface area contributed by atoms with Crippen molar-refractivity contribution < 1.29 is 9.53 Å². The van der Waals surface area contributed by atoms with Gasteiger partial charge in [-0.3, -0.25) is 4.79 Å². The van der Waals surface area contributed by atoms with E-state index < -0.39 is 0 Å². The maximum absolute atomic E-state index is 13.4. The molecule has 2 N–H and O–H groups in total. The highest BCUT2D eigenvalue weighted by molar-refractivity contribution is 6.05. The van der Waals surface area contributed by atoms with Gasteiger partial charge in [0, 0.05) is 59.3 Å². The number of benzene rings is 4. The average molecular weight is 558 g/mol. The van der Waals surface area contributed by atoms with Crippen LogP contribution in [-0.2, 0) is 6.61 Å². The predicted molar refractivity (Wildman–Crippen MR) is 170 cm³/mol. The number of amides is 1. The number of carbonyl (C=O) groups excluding carboxylic acids is 1. The molecule has 0 radical (unpaired) electrons. The van der Waals surface area contributed by atoms with E-state index in [0.29, 0.717) is 23.9 Å². The lowest BCUT2D eigenvalue weighted by Crippen LogP contribution is -2.18. The van der Waals surface area contributed by atoms with Crippen LogP contribution in [0, 0.1) is 0 Å². The van der Waals surface area contributed by atoms with E-state index in [1.807, 2.05) is 91.1 Å². The molecule has 1 fully saturated rings. The fraction of sp³-hybridized carbons (Fsp3) is 0.229. The molecule has 212 valence electrons. The molecule has 0 spiro atoms. The van der Waals surface area contributed by atoms with Crippen LogP contribution in [0.15, 0.2) is 97.2 Å². The molecule has 0 aliphatic carbocycles. The molecule has 1 amide bonds. The molecular weight excluding hydrogens is 522 g/mol. The number of carbonyl (C=O) groups is 1. The van der Waals surface area contributed by atoms with Crippen molar-refractivity contribution >= 4 is 34.1 Å². The Morgan fingerprint density at radius 2 is 1.74 bits per heavy atom. The maximum atomic E-state index is 13.4. The second kappa shape index (κ2) is 12.3. The first-order chi connectivity index (χ1) is 20.5. The van der Waals surface area contributed by atoms with Crippen molar-refractivity contribution in [1.29, 1.82) is 0 Å². The van der Waals surface area contributed by atoms with Crippen LogP contribution < -0.4 is 20.3 Å². The Balaban J connectivity index is 1.31. The van der Waals surface area contributed by atoms with Crippen LogP contribution in [0.3, 0.4) is 0 Å². The van der Waals surface area contributed by atoms with Crippen LogP contribution in [0.2, 0.25) is 0 Å². The highest BCUT2D eigenvalue weighted by Crippen LogP contribution is 2.35. The van der Waals surface area contributed by atoms with Crippen molar-refractivity contribution in [3.05, 3.63) is 108 Å². The van der Waals surface area contributed by atoms with Crippen LogP contribution in [-0.4, -0.2) is 35.0 Å². The van der Waals surface area contributed by atoms with E-state index in [1.165, 1.54) is 12.8 Å². The van der Waals surface area contributed by atoms with Crippen LogP contribution >= 0.6 is 0 Å². The summed E-state index contributed by atoms with van der Waals surface area (Å²) >= 11 is 0. The molecule has 4 aromatic carbocycles. The Bertz CT molecular complexity index is 1700. The van der Waals surface area contributed by atoms with Gasteiger partial charge < -0.3 is 20.3 Å². The lowest BCUT2D eigenvalue weighted by Gasteiger charge is -2.18. The minimum Gasteiger partial charge on any atom is -0.488 e. The van der Waals surface area contributed by atoms with Gasteiger partial charge in [0.05, 0.1) is 5.52 Å². The van der Waals surface area contributed by atoms with Crippen LogP contribution in [0.1, 0.15) is 42.6 Å². The average Bonchev–Trinajstić information content (AvgIpc) is 3.55. The molecule has 1 aromatic heterocycles. The largest absolute Gasteiger partial charge is 0.488 e. The zero-order valence-corrected chi connectivity index (χ0v) is 24.0. The summed E-state index contributed by atoms with van der Waals surface area (Å²) in [5, 5.41) is 7.25. The first-order valence-electron chi connectivity index (χ1n) is 14.5. The van der Waals surface area contributed by atoms with E-state index in [9.17, 15) is 4.79 Å². The molecular formula is C35H35N5O2. The summed E-state index contributed by atoms with van der Waals surface area (Å²) in [5.41, 5.74) is 6.10. The third-order valence-corrected chi connectivity index (χ3v) is 7.35. The quantitative estimate of drug-likeness (QED) is 0.195. The van der Waals surface area contributed by atoms with Crippen LogP contribution in [0.5, 0.6) is 5.75 Å². The second-order valence-corrected chi connectivity index (χ2v) is 11.0. The monoisotopic (exact) mass is 557 g/mol. The van der Waals surface area contributed by atoms with Gasteiger partial charge in [-0.05, 0) is 74.2 Å². The third kappa shape index (κ3) is 6.36. The van der Waals surface area contributed by atoms with E-state index in [4.69, 9.17) is 9.72 Å². The SMILES string of the molecule is CC(C)Nc1ncc2cc(-c3cccc(C(=O)Nc4cccc(N5CCCC5)c4)c3)c(OCc3ccccc3)cc2n1. The highest BCUT2D eigenvalue weighted by Gasteiger charge is 2.16. The van der Waals surface area contributed by atoms with Crippen LogP contribution in [0.4, 0.5) is 17.3 Å². The molecule has 0 unspecified atom stereocenters. The van der Waals surface area contributed by atoms with Gasteiger partial charge in [0.15, 0.2) is 0 Å². The van der Waals surface area contributed by atoms with Crippen molar-refractivity contribution in [2.45, 2.75) is 39.3 Å². The minimum atomic E-state index is -0.157. The molecule has 6 rings (SSSR count). The molecule has 1 aliphatic heterocycles. The summed E-state index contributed by atoms with van der Waals surface area (Å²) in [4.78, 5) is 25.0. The third-order valence-electron chi connectivity index (χ3n) is 7.35. The Morgan fingerprint density at radius 1 is 0.929 bits per heavy atom. The van der Waals surface area contributed by atoms with Gasteiger partial charge in [-0.15, -0.1) is 0 Å². The molecule has 0 atom stereocenters. The van der Waals surface area contributed by atoms with Gasteiger partial charge in [0.1, 0.15) is 12.4 Å². The van der Waals surface area contributed by atoms with Crippen molar-refractivity contribution in [3.8, 4) is 16.9 Å². The fourth-order valence-corrected chi connectivity index (χ4v) is 5.25. The zero-order valence-electron chi connectivity index (χ0n) is 24.0. The smallest absolute Gasteiger partial charge is 0.255 e. The Labute approximate surface area is 246 Å². The Kier molecular flexibility index (Phi) is 7.99. The number of nitrogens with zero attached hydrogens (tertiary/aromatic N) is 3. The number of ether oxygens (including phenoxy) is 1. The standard InChI is InChI=1S/C35H35N5O2/c1-24(2)37-35-36-22-28-19-31(33(21-32(28)39-35)42-23-25-10-4-3-5-11-25)26-12-8-13-27(18-26)34(41)38-29-14-9-15-30(20-29)40-16-6-7-17-40/h3-5,8-15,18-22,24H,6-7,16-17,23H2,1-2H3,(H,38,41)(H,36,37,39). The summed E-state index contributed by atoms with van der Waals surface area (Å²) in [5.74, 6) is 1.11. The van der Waals surface area contributed by atoms with Crippen molar-refractivity contribution in [2.24, 2.45) is 0 Å². The number of rotatable bonds is 9. The summed E-state index contributed by atoms with van der Waals surface area (Å²) < 4.78 is 6.38. The number of nitrogens with one attached hydrogen (secondary N) is 2. The molecule has 1 saturated heterocycles. The summed E-state index contributed by atoms with van der Waals surface area (Å²) in [6.45, 7) is 6.63. The zero-order chi connectivity index (χ0) is 28.9. The van der Waals surface area contributed by atoms with Gasteiger partial charge in [0.25, 0.3) is 5.91 Å². The van der Waals surface area contributed by atoms with Gasteiger partial charge in [0.2, 0.25) is 5.95 Å². The Morgan fingerprint density at radius 3 is 2.55 bits per heavy atom. The van der Waals surface area contributed by atoms with Gasteiger partial charge in [-0.25, -0.2) is 9.97 Å². The molecule has 7 nitrogen and oxygen atoms in total. The predicted octanol–water partition coefficient (Wildman–Crippen LogP) is 7.55. The summed E-state index contributed by atoms with van der Waals surface area (Å²) in [7, 11) is 0. The Hall–Kier alpha value is -4.91. The number of anilines is 3. The number of hydrogen-bond donors (Lipinski definition) is 2. The molecule has 7 heteroatoms. The molecule has 0 saturated carbocycles. The van der Waals surface area contributed by atoms with Crippen molar-refractivity contribution in [1.82, 2.24) is 9.97 Å². The maximum Gasteiger partial charge on any atom is 0.255 e. The van der Waals surface area contributed by atoms with E-state index in [2.05, 4.69) is 40.4 Å². The number of fused-ring (bicyclic) bond motifs is 1. The number of aromatic nitrogens is 2. The van der Waals surface area contributed by atoms with E-state index in [1.54, 1.807) is 0 Å². The van der Waals surface area contributed by atoms with Crippen LogP contribution in [0.25, 0.3) is 22.0 Å².